The Morgan fingerprint density at radius 1 is 1.67 bits per heavy atom. The van der Waals surface area contributed by atoms with Crippen LogP contribution in [0.4, 0.5) is 4.39 Å². The maximum atomic E-state index is 13.3. The lowest BCUT2D eigenvalue weighted by atomic mass is 9.97. The summed E-state index contributed by atoms with van der Waals surface area (Å²) >= 11 is 5.81. The number of esters is 1. The van der Waals surface area contributed by atoms with E-state index in [1.54, 1.807) is 0 Å². The molecule has 0 heterocycles. The van der Waals surface area contributed by atoms with Crippen LogP contribution >= 0.6 is 11.6 Å². The fourth-order valence-electron chi connectivity index (χ4n) is 1.25. The number of halogens is 2. The third-order valence-corrected chi connectivity index (χ3v) is 2.37. The largest absolute Gasteiger partial charge is 0.494 e. The lowest BCUT2D eigenvalue weighted by molar-refractivity contribution is -0.136. The summed E-state index contributed by atoms with van der Waals surface area (Å²) < 4.78 is 22.5. The molecule has 0 amide bonds. The molecule has 0 aromatic rings. The predicted octanol–water partition coefficient (Wildman–Crippen LogP) is 1.21. The molecule has 2 N–H and O–H groups in total. The van der Waals surface area contributed by atoms with Crippen LogP contribution in [0.5, 0.6) is 0 Å². The number of carbonyl (C=O) groups excluding carboxylic acids is 1. The lowest BCUT2D eigenvalue weighted by Crippen LogP contribution is -2.41. The maximum absolute atomic E-state index is 13.3. The van der Waals surface area contributed by atoms with E-state index in [0.717, 1.165) is 6.08 Å². The molecule has 0 spiro atoms. The number of hydrogen-bond donors (Lipinski definition) is 1. The zero-order valence-corrected chi connectivity index (χ0v) is 9.10. The van der Waals surface area contributed by atoms with Crippen LogP contribution in [0.1, 0.15) is 6.42 Å². The van der Waals surface area contributed by atoms with Crippen molar-refractivity contribution in [3.8, 4) is 0 Å². The van der Waals surface area contributed by atoms with E-state index in [9.17, 15) is 9.18 Å². The number of allylic oxidation sites excluding steroid dienone is 1. The maximum Gasteiger partial charge on any atom is 0.337 e. The van der Waals surface area contributed by atoms with Crippen LogP contribution in [0.3, 0.4) is 0 Å². The molecule has 1 atom stereocenters. The Bertz CT molecular complexity index is 349. The van der Waals surface area contributed by atoms with E-state index in [4.69, 9.17) is 22.1 Å². The monoisotopic (exact) mass is 235 g/mol. The van der Waals surface area contributed by atoms with E-state index in [2.05, 4.69) is 4.74 Å². The first-order valence-electron chi connectivity index (χ1n) is 4.13. The second-order valence-electron chi connectivity index (χ2n) is 3.06. The molecular weight excluding hydrogens is 225 g/mol. The van der Waals surface area contributed by atoms with E-state index in [-0.39, 0.29) is 17.8 Å². The standard InChI is InChI=1S/C9H11ClFNO3/c1-14-7-3-5(8(13)15-2)9(10,12)4-6(7)11/h3H,4,12H2,1-2H3. The number of alkyl halides is 1. The average Bonchev–Trinajstić information content (AvgIpc) is 2.15. The minimum absolute atomic E-state index is 0.0232. The summed E-state index contributed by atoms with van der Waals surface area (Å²) in [6.07, 6.45) is 0.844. The smallest absolute Gasteiger partial charge is 0.337 e. The van der Waals surface area contributed by atoms with Crippen LogP contribution in [0.15, 0.2) is 23.2 Å². The number of carbonyl (C=O) groups is 1. The van der Waals surface area contributed by atoms with Gasteiger partial charge in [0.05, 0.1) is 19.8 Å². The van der Waals surface area contributed by atoms with Gasteiger partial charge in [0, 0.05) is 6.42 Å². The molecule has 0 saturated heterocycles. The van der Waals surface area contributed by atoms with Crippen molar-refractivity contribution in [1.82, 2.24) is 0 Å². The first-order valence-corrected chi connectivity index (χ1v) is 4.51. The molecule has 6 heteroatoms. The molecule has 1 aliphatic carbocycles. The predicted molar refractivity (Wildman–Crippen MR) is 52.6 cm³/mol. The zero-order chi connectivity index (χ0) is 11.6. The SMILES string of the molecule is COC(=O)C1=CC(OC)=C(F)CC1(N)Cl. The summed E-state index contributed by atoms with van der Waals surface area (Å²) in [5.41, 5.74) is 5.55. The molecule has 0 aromatic carbocycles. The van der Waals surface area contributed by atoms with Crippen molar-refractivity contribution in [2.45, 2.75) is 11.4 Å². The molecule has 0 radical (unpaired) electrons. The summed E-state index contributed by atoms with van der Waals surface area (Å²) in [5, 5.41) is 0. The fourth-order valence-corrected chi connectivity index (χ4v) is 1.49. The molecule has 1 unspecified atom stereocenters. The number of hydrogen-bond acceptors (Lipinski definition) is 4. The van der Waals surface area contributed by atoms with Gasteiger partial charge in [0.15, 0.2) is 5.76 Å². The Labute approximate surface area is 91.5 Å². The van der Waals surface area contributed by atoms with Gasteiger partial charge >= 0.3 is 5.97 Å². The average molecular weight is 236 g/mol. The molecule has 0 saturated carbocycles. The number of methoxy groups -OCH3 is 2. The second kappa shape index (κ2) is 4.20. The highest BCUT2D eigenvalue weighted by Gasteiger charge is 2.38. The first kappa shape index (κ1) is 12.0. The summed E-state index contributed by atoms with van der Waals surface area (Å²) in [5.74, 6) is -1.35. The van der Waals surface area contributed by atoms with E-state index in [0.29, 0.717) is 0 Å². The number of ether oxygens (including phenoxy) is 2. The molecule has 84 valence electrons. The molecule has 0 bridgehead atoms. The van der Waals surface area contributed by atoms with Crippen LogP contribution in [-0.2, 0) is 14.3 Å². The molecule has 1 rings (SSSR count). The molecule has 0 fully saturated rings. The van der Waals surface area contributed by atoms with Crippen molar-refractivity contribution in [3.63, 3.8) is 0 Å². The summed E-state index contributed by atoms with van der Waals surface area (Å²) in [6.45, 7) is 0. The van der Waals surface area contributed by atoms with Gasteiger partial charge in [0.25, 0.3) is 0 Å². The Morgan fingerprint density at radius 3 is 2.73 bits per heavy atom. The Kier molecular flexibility index (Phi) is 3.36. The van der Waals surface area contributed by atoms with Gasteiger partial charge in [-0.1, -0.05) is 11.6 Å². The molecule has 4 nitrogen and oxygen atoms in total. The van der Waals surface area contributed by atoms with Crippen molar-refractivity contribution in [2.24, 2.45) is 5.73 Å². The van der Waals surface area contributed by atoms with Gasteiger partial charge in [0.2, 0.25) is 0 Å². The van der Waals surface area contributed by atoms with Gasteiger partial charge in [-0.3, -0.25) is 0 Å². The highest BCUT2D eigenvalue weighted by Crippen LogP contribution is 2.35. The van der Waals surface area contributed by atoms with Crippen molar-refractivity contribution in [2.75, 3.05) is 14.2 Å². The van der Waals surface area contributed by atoms with Gasteiger partial charge in [-0.25, -0.2) is 9.18 Å². The van der Waals surface area contributed by atoms with Crippen molar-refractivity contribution < 1.29 is 18.7 Å². The molecule has 0 aromatic heterocycles. The topological polar surface area (TPSA) is 61.5 Å². The van der Waals surface area contributed by atoms with Crippen molar-refractivity contribution in [3.05, 3.63) is 23.2 Å². The second-order valence-corrected chi connectivity index (χ2v) is 3.74. The Balaban J connectivity index is 3.14. The van der Waals surface area contributed by atoms with Crippen LogP contribution in [0.2, 0.25) is 0 Å². The van der Waals surface area contributed by atoms with Crippen LogP contribution in [-0.4, -0.2) is 25.2 Å². The first-order chi connectivity index (χ1) is 6.92. The summed E-state index contributed by atoms with van der Waals surface area (Å²) in [7, 11) is 2.48. The minimum Gasteiger partial charge on any atom is -0.494 e. The van der Waals surface area contributed by atoms with Crippen molar-refractivity contribution >= 4 is 17.6 Å². The summed E-state index contributed by atoms with van der Waals surface area (Å²) in [4.78, 5) is 9.71. The molecule has 15 heavy (non-hydrogen) atoms. The van der Waals surface area contributed by atoms with Gasteiger partial charge < -0.3 is 15.2 Å². The van der Waals surface area contributed by atoms with E-state index in [1.807, 2.05) is 0 Å². The normalized spacial score (nSPS) is 26.1. The van der Waals surface area contributed by atoms with E-state index >= 15 is 0 Å². The summed E-state index contributed by atoms with van der Waals surface area (Å²) in [6, 6.07) is 0. The zero-order valence-electron chi connectivity index (χ0n) is 8.34. The van der Waals surface area contributed by atoms with E-state index in [1.165, 1.54) is 14.2 Å². The minimum atomic E-state index is -1.58. The molecular formula is C9H11ClFNO3. The van der Waals surface area contributed by atoms with E-state index < -0.39 is 16.8 Å². The Hall–Kier alpha value is -1.07. The third kappa shape index (κ3) is 2.30. The van der Waals surface area contributed by atoms with Crippen LogP contribution < -0.4 is 5.73 Å². The van der Waals surface area contributed by atoms with Gasteiger partial charge in [-0.15, -0.1) is 0 Å². The fraction of sp³-hybridized carbons (Fsp3) is 0.444. The van der Waals surface area contributed by atoms with Crippen LogP contribution in [0, 0.1) is 0 Å². The number of nitrogens with two attached hydrogens (primary N) is 1. The quantitative estimate of drug-likeness (QED) is 0.444. The van der Waals surface area contributed by atoms with Crippen molar-refractivity contribution in [1.29, 1.82) is 0 Å². The van der Waals surface area contributed by atoms with Gasteiger partial charge in [-0.05, 0) is 6.08 Å². The highest BCUT2D eigenvalue weighted by molar-refractivity contribution is 6.28. The Morgan fingerprint density at radius 2 is 2.27 bits per heavy atom. The molecule has 1 aliphatic rings. The molecule has 0 aliphatic heterocycles. The lowest BCUT2D eigenvalue weighted by Gasteiger charge is -2.27. The van der Waals surface area contributed by atoms with Gasteiger partial charge in [-0.2, -0.15) is 0 Å². The van der Waals surface area contributed by atoms with Gasteiger partial charge in [0.1, 0.15) is 10.8 Å². The third-order valence-electron chi connectivity index (χ3n) is 2.03. The van der Waals surface area contributed by atoms with Crippen LogP contribution in [0.25, 0.3) is 0 Å². The number of rotatable bonds is 2. The highest BCUT2D eigenvalue weighted by atomic mass is 35.5.